The zero-order valence-corrected chi connectivity index (χ0v) is 9.71. The molecule has 0 radical (unpaired) electrons. The third kappa shape index (κ3) is 2.43. The Labute approximate surface area is 105 Å². The molecule has 4 heteroatoms. The molecule has 2 aromatic carbocycles. The van der Waals surface area contributed by atoms with Gasteiger partial charge < -0.3 is 16.6 Å². The molecule has 0 amide bonds. The van der Waals surface area contributed by atoms with Crippen LogP contribution in [0.3, 0.4) is 0 Å². The van der Waals surface area contributed by atoms with E-state index in [4.69, 9.17) is 11.5 Å². The summed E-state index contributed by atoms with van der Waals surface area (Å²) in [6.45, 7) is 0. The normalized spacial score (nSPS) is 10.5. The average molecular weight is 242 g/mol. The number of nitrogens with two attached hydrogens (primary N) is 2. The van der Waals surface area contributed by atoms with Crippen molar-refractivity contribution in [2.45, 2.75) is 5.92 Å². The fourth-order valence-corrected chi connectivity index (χ4v) is 1.85. The van der Waals surface area contributed by atoms with Crippen molar-refractivity contribution in [2.75, 3.05) is 11.5 Å². The maximum atomic E-state index is 11.4. The highest BCUT2D eigenvalue weighted by Crippen LogP contribution is 2.26. The Morgan fingerprint density at radius 3 is 1.44 bits per heavy atom. The van der Waals surface area contributed by atoms with Crippen molar-refractivity contribution in [1.29, 1.82) is 0 Å². The van der Waals surface area contributed by atoms with Gasteiger partial charge in [0.1, 0.15) is 5.92 Å². The molecular weight excluding hydrogens is 228 g/mol. The monoisotopic (exact) mass is 242 g/mol. The summed E-state index contributed by atoms with van der Waals surface area (Å²) >= 11 is 0. The van der Waals surface area contributed by atoms with E-state index >= 15 is 0 Å². The van der Waals surface area contributed by atoms with Gasteiger partial charge in [-0.15, -0.1) is 0 Å². The van der Waals surface area contributed by atoms with Crippen molar-refractivity contribution >= 4 is 17.3 Å². The summed E-state index contributed by atoms with van der Waals surface area (Å²) in [5.74, 6) is -1.60. The lowest BCUT2D eigenvalue weighted by Crippen LogP contribution is -2.13. The van der Waals surface area contributed by atoms with Gasteiger partial charge in [-0.25, -0.2) is 0 Å². The topological polar surface area (TPSA) is 89.3 Å². The summed E-state index contributed by atoms with van der Waals surface area (Å²) in [7, 11) is 0. The van der Waals surface area contributed by atoms with Gasteiger partial charge in [-0.2, -0.15) is 0 Å². The molecule has 0 aliphatic rings. The fourth-order valence-electron chi connectivity index (χ4n) is 1.85. The first-order chi connectivity index (χ1) is 8.58. The Morgan fingerprint density at radius 1 is 0.833 bits per heavy atom. The lowest BCUT2D eigenvalue weighted by molar-refractivity contribution is -0.137. The van der Waals surface area contributed by atoms with Crippen LogP contribution in [0.15, 0.2) is 48.5 Å². The van der Waals surface area contributed by atoms with Crippen LogP contribution in [-0.2, 0) is 4.79 Å². The van der Waals surface area contributed by atoms with Gasteiger partial charge in [-0.1, -0.05) is 24.3 Å². The second-order valence-electron chi connectivity index (χ2n) is 4.10. The summed E-state index contributed by atoms with van der Waals surface area (Å²) < 4.78 is 0. The highest BCUT2D eigenvalue weighted by Gasteiger charge is 2.21. The Balaban J connectivity index is 2.43. The van der Waals surface area contributed by atoms with Crippen LogP contribution < -0.4 is 11.5 Å². The third-order valence-electron chi connectivity index (χ3n) is 2.79. The highest BCUT2D eigenvalue weighted by atomic mass is 16.4. The minimum atomic E-state index is -0.899. The molecule has 0 saturated heterocycles. The second-order valence-corrected chi connectivity index (χ2v) is 4.10. The molecule has 0 spiro atoms. The van der Waals surface area contributed by atoms with Crippen molar-refractivity contribution in [3.8, 4) is 0 Å². The number of hydrogen-bond donors (Lipinski definition) is 3. The number of nitrogen functional groups attached to an aromatic ring is 2. The summed E-state index contributed by atoms with van der Waals surface area (Å²) in [6, 6.07) is 13.7. The van der Waals surface area contributed by atoms with E-state index in [-0.39, 0.29) is 0 Å². The van der Waals surface area contributed by atoms with E-state index in [1.54, 1.807) is 48.5 Å². The summed E-state index contributed by atoms with van der Waals surface area (Å²) in [5.41, 5.74) is 13.8. The molecule has 4 nitrogen and oxygen atoms in total. The van der Waals surface area contributed by atoms with Crippen LogP contribution in [0.5, 0.6) is 0 Å². The van der Waals surface area contributed by atoms with E-state index in [1.165, 1.54) is 0 Å². The molecule has 0 aliphatic carbocycles. The van der Waals surface area contributed by atoms with Gasteiger partial charge in [-0.3, -0.25) is 4.79 Å². The fraction of sp³-hybridized carbons (Fsp3) is 0.0714. The van der Waals surface area contributed by atoms with Gasteiger partial charge in [-0.05, 0) is 35.4 Å². The molecule has 0 aromatic heterocycles. The van der Waals surface area contributed by atoms with Gasteiger partial charge in [0, 0.05) is 11.4 Å². The molecule has 2 rings (SSSR count). The minimum absolute atomic E-state index is 0.611. The number of anilines is 2. The first kappa shape index (κ1) is 12.0. The molecule has 92 valence electrons. The first-order valence-corrected chi connectivity index (χ1v) is 5.51. The molecule has 5 N–H and O–H groups in total. The molecule has 0 heterocycles. The van der Waals surface area contributed by atoms with Crippen LogP contribution in [0.4, 0.5) is 11.4 Å². The number of aliphatic carboxylic acids is 1. The second kappa shape index (κ2) is 4.79. The van der Waals surface area contributed by atoms with E-state index in [0.29, 0.717) is 22.5 Å². The van der Waals surface area contributed by atoms with E-state index in [1.807, 2.05) is 0 Å². The van der Waals surface area contributed by atoms with Crippen LogP contribution in [0.1, 0.15) is 17.0 Å². The number of hydrogen-bond acceptors (Lipinski definition) is 3. The molecule has 0 saturated carbocycles. The predicted molar refractivity (Wildman–Crippen MR) is 71.2 cm³/mol. The van der Waals surface area contributed by atoms with Crippen LogP contribution in [-0.4, -0.2) is 11.1 Å². The van der Waals surface area contributed by atoms with Crippen LogP contribution in [0.25, 0.3) is 0 Å². The maximum absolute atomic E-state index is 11.4. The lowest BCUT2D eigenvalue weighted by Gasteiger charge is -2.13. The summed E-state index contributed by atoms with van der Waals surface area (Å²) in [5, 5.41) is 9.36. The molecule has 0 aliphatic heterocycles. The highest BCUT2D eigenvalue weighted by molar-refractivity contribution is 5.80. The van der Waals surface area contributed by atoms with Crippen LogP contribution in [0, 0.1) is 0 Å². The molecule has 0 unspecified atom stereocenters. The smallest absolute Gasteiger partial charge is 0.315 e. The van der Waals surface area contributed by atoms with Crippen LogP contribution in [0.2, 0.25) is 0 Å². The maximum Gasteiger partial charge on any atom is 0.315 e. The Morgan fingerprint density at radius 2 is 1.17 bits per heavy atom. The van der Waals surface area contributed by atoms with Crippen molar-refractivity contribution < 1.29 is 9.90 Å². The number of carboxylic acids is 1. The van der Waals surface area contributed by atoms with Crippen molar-refractivity contribution in [2.24, 2.45) is 0 Å². The predicted octanol–water partition coefficient (Wildman–Crippen LogP) is 2.07. The summed E-state index contributed by atoms with van der Waals surface area (Å²) in [4.78, 5) is 11.4. The number of carbonyl (C=O) groups is 1. The molecule has 2 aromatic rings. The Kier molecular flexibility index (Phi) is 3.19. The molecule has 0 bridgehead atoms. The van der Waals surface area contributed by atoms with Crippen molar-refractivity contribution in [3.63, 3.8) is 0 Å². The van der Waals surface area contributed by atoms with Crippen molar-refractivity contribution in [3.05, 3.63) is 59.7 Å². The average Bonchev–Trinajstić information content (AvgIpc) is 2.34. The van der Waals surface area contributed by atoms with Gasteiger partial charge in [0.05, 0.1) is 0 Å². The Hall–Kier alpha value is -2.49. The summed E-state index contributed by atoms with van der Waals surface area (Å²) in [6.07, 6.45) is 0. The van der Waals surface area contributed by atoms with Crippen molar-refractivity contribution in [1.82, 2.24) is 0 Å². The first-order valence-electron chi connectivity index (χ1n) is 5.51. The number of benzene rings is 2. The van der Waals surface area contributed by atoms with Gasteiger partial charge in [0.2, 0.25) is 0 Å². The molecule has 0 atom stereocenters. The van der Waals surface area contributed by atoms with Gasteiger partial charge >= 0.3 is 5.97 Å². The number of carboxylic acid groups (broad SMARTS) is 1. The number of rotatable bonds is 3. The Bertz CT molecular complexity index is 502. The third-order valence-corrected chi connectivity index (χ3v) is 2.79. The van der Waals surface area contributed by atoms with Crippen LogP contribution >= 0.6 is 0 Å². The minimum Gasteiger partial charge on any atom is -0.481 e. The van der Waals surface area contributed by atoms with Gasteiger partial charge in [0.15, 0.2) is 0 Å². The largest absolute Gasteiger partial charge is 0.481 e. The van der Waals surface area contributed by atoms with E-state index in [0.717, 1.165) is 0 Å². The lowest BCUT2D eigenvalue weighted by atomic mass is 9.91. The molecule has 0 fully saturated rings. The van der Waals surface area contributed by atoms with E-state index < -0.39 is 11.9 Å². The van der Waals surface area contributed by atoms with E-state index in [2.05, 4.69) is 0 Å². The molecule has 18 heavy (non-hydrogen) atoms. The standard InChI is InChI=1S/C14H14N2O2/c15-11-5-1-9(2-6-11)13(14(17)18)10-3-7-12(16)8-4-10/h1-8,13H,15-16H2,(H,17,18). The zero-order valence-electron chi connectivity index (χ0n) is 9.71. The molecular formula is C14H14N2O2. The van der Waals surface area contributed by atoms with Gasteiger partial charge in [0.25, 0.3) is 0 Å². The zero-order chi connectivity index (χ0) is 13.1. The van der Waals surface area contributed by atoms with E-state index in [9.17, 15) is 9.90 Å². The quantitative estimate of drug-likeness (QED) is 0.719. The SMILES string of the molecule is Nc1ccc(C(C(=O)O)c2ccc(N)cc2)cc1.